The van der Waals surface area contributed by atoms with Gasteiger partial charge in [0.25, 0.3) is 0 Å². The molecule has 5 rings (SSSR count). The molecule has 3 aliphatic rings. The van der Waals surface area contributed by atoms with Crippen LogP contribution in [0.25, 0.3) is 12.2 Å². The van der Waals surface area contributed by atoms with Crippen molar-refractivity contribution in [2.24, 2.45) is 0 Å². The van der Waals surface area contributed by atoms with Gasteiger partial charge in [-0.3, -0.25) is 0 Å². The third-order valence-electron chi connectivity index (χ3n) is 13.2. The van der Waals surface area contributed by atoms with Crippen molar-refractivity contribution >= 4 is 14.5 Å². The van der Waals surface area contributed by atoms with E-state index in [1.54, 1.807) is 52.6 Å². The molecule has 2 unspecified atom stereocenters. The van der Waals surface area contributed by atoms with Gasteiger partial charge in [0, 0.05) is 0 Å². The molecule has 3 heteroatoms. The molecule has 1 fully saturated rings. The van der Waals surface area contributed by atoms with Crippen LogP contribution >= 0.6 is 0 Å². The van der Waals surface area contributed by atoms with Gasteiger partial charge in [-0.25, -0.2) is 0 Å². The van der Waals surface area contributed by atoms with Gasteiger partial charge in [0.15, 0.2) is 0 Å². The van der Waals surface area contributed by atoms with Gasteiger partial charge in [0.1, 0.15) is 0 Å². The van der Waals surface area contributed by atoms with Crippen LogP contribution in [0.5, 0.6) is 0 Å². The minimum atomic E-state index is -2.96. The van der Waals surface area contributed by atoms with Crippen molar-refractivity contribution in [3.63, 3.8) is 0 Å². The molecule has 2 atom stereocenters. The summed E-state index contributed by atoms with van der Waals surface area (Å²) in [4.78, 5) is 0. The van der Waals surface area contributed by atoms with Crippen molar-refractivity contribution in [2.45, 2.75) is 154 Å². The molecule has 45 heavy (non-hydrogen) atoms. The fraction of sp³-hybridized carbons (Fsp3) is 0.619. The quantitative estimate of drug-likeness (QED) is 0.132. The minimum absolute atomic E-state index is 0.883. The zero-order valence-electron chi connectivity index (χ0n) is 30.2. The topological polar surface area (TPSA) is 0 Å². The van der Waals surface area contributed by atoms with Gasteiger partial charge in [-0.2, -0.15) is 0 Å². The zero-order chi connectivity index (χ0) is 31.9. The predicted octanol–water partition coefficient (Wildman–Crippen LogP) is 14.5. The second-order valence-corrected chi connectivity index (χ2v) is 72.5. The van der Waals surface area contributed by atoms with Gasteiger partial charge < -0.3 is 0 Å². The fourth-order valence-electron chi connectivity index (χ4n) is 11.5. The third-order valence-corrected chi connectivity index (χ3v) is 129. The van der Waals surface area contributed by atoms with Gasteiger partial charge in [-0.15, -0.1) is 0 Å². The van der Waals surface area contributed by atoms with E-state index in [0.29, 0.717) is 0 Å². The van der Waals surface area contributed by atoms with Crippen LogP contribution in [-0.2, 0) is 38.9 Å². The Hall–Kier alpha value is -0.0969. The summed E-state index contributed by atoms with van der Waals surface area (Å²) in [6, 6.07) is 23.3. The summed E-state index contributed by atoms with van der Waals surface area (Å²) in [5.74, 6) is 0. The third kappa shape index (κ3) is 6.50. The summed E-state index contributed by atoms with van der Waals surface area (Å²) in [5.41, 5.74) is 10.7. The number of hydrogen-bond acceptors (Lipinski definition) is 0. The average Bonchev–Trinajstić information content (AvgIpc) is 3.82. The fourth-order valence-corrected chi connectivity index (χ4v) is 178. The van der Waals surface area contributed by atoms with Crippen LogP contribution in [-0.4, -0.2) is 2.33 Å². The molecule has 2 aromatic carbocycles. The number of unbranched alkanes of at least 4 members (excludes halogenated alkanes) is 4. The Morgan fingerprint density at radius 1 is 0.533 bits per heavy atom. The van der Waals surface area contributed by atoms with Gasteiger partial charge in [0.2, 0.25) is 0 Å². The van der Waals surface area contributed by atoms with Crippen molar-refractivity contribution in [3.8, 4) is 0 Å². The molecule has 0 bridgehead atoms. The van der Waals surface area contributed by atoms with Crippen molar-refractivity contribution < 1.29 is 38.9 Å². The molecular weight excluding hydrogens is 715 g/mol. The molecule has 2 aromatic rings. The van der Waals surface area contributed by atoms with Crippen molar-refractivity contribution in [1.82, 2.24) is 0 Å². The summed E-state index contributed by atoms with van der Waals surface area (Å²) in [7, 11) is 0. The van der Waals surface area contributed by atoms with E-state index in [0.717, 1.165) is 7.25 Å². The first kappa shape index (κ1) is 36.2. The van der Waals surface area contributed by atoms with E-state index in [4.69, 9.17) is 0 Å². The molecule has 1 heterocycles. The van der Waals surface area contributed by atoms with Crippen LogP contribution in [0.15, 0.2) is 59.7 Å². The molecule has 0 aromatic heterocycles. The molecule has 0 amide bonds. The molecule has 0 N–H and O–H groups in total. The molecule has 1 saturated heterocycles. The zero-order valence-corrected chi connectivity index (χ0v) is 36.1. The standard InChI is InChI=1S/2C11H11.C4H8Si.4C4H9.2Zr/c2*1-2-9-7-10-5-3-4-6-11(10)8-9;1-2-4-5-3-1;4*1-3-4-2;;/h2*3-8H,2H2,1H3;1-4H2;4*1,3-4H2,2H3;;. The first-order valence-corrected chi connectivity index (χ1v) is 39.2. The van der Waals surface area contributed by atoms with E-state index in [-0.39, 0.29) is 0 Å². The Morgan fingerprint density at radius 2 is 0.889 bits per heavy atom. The summed E-state index contributed by atoms with van der Waals surface area (Å²) in [6.07, 6.45) is 22.9. The van der Waals surface area contributed by atoms with Crippen LogP contribution in [0.1, 0.15) is 148 Å². The second kappa shape index (κ2) is 16.5. The first-order chi connectivity index (χ1) is 22.0. The molecule has 0 spiro atoms. The van der Waals surface area contributed by atoms with Gasteiger partial charge in [0.05, 0.1) is 0 Å². The Balaban J connectivity index is 1.87. The van der Waals surface area contributed by atoms with Crippen LogP contribution in [0, 0.1) is 0 Å². The van der Waals surface area contributed by atoms with Crippen molar-refractivity contribution in [3.05, 3.63) is 81.9 Å². The Labute approximate surface area is 287 Å². The Bertz CT molecular complexity index is 1200. The van der Waals surface area contributed by atoms with E-state index in [2.05, 4.69) is 102 Å². The second-order valence-electron chi connectivity index (χ2n) is 15.3. The van der Waals surface area contributed by atoms with E-state index >= 15 is 0 Å². The molecule has 1 aliphatic heterocycles. The number of fused-ring (bicyclic) bond motifs is 2. The van der Waals surface area contributed by atoms with E-state index in [9.17, 15) is 0 Å². The van der Waals surface area contributed by atoms with Crippen molar-refractivity contribution in [2.75, 3.05) is 0 Å². The number of allylic oxidation sites excluding steroid dienone is 2. The Morgan fingerprint density at radius 3 is 1.22 bits per heavy atom. The average molecular weight is 782 g/mol. The molecule has 0 radical (unpaired) electrons. The number of hydrogen-bond donors (Lipinski definition) is 0. The number of rotatable bonds is 18. The maximum absolute atomic E-state index is 2.96. The summed E-state index contributed by atoms with van der Waals surface area (Å²) in [6.45, 7) is 15.1. The molecular formula is C42H66SiZr2. The molecule has 0 saturated carbocycles. The van der Waals surface area contributed by atoms with E-state index in [1.807, 2.05) is 22.3 Å². The monoisotopic (exact) mass is 778 g/mol. The molecule has 2 aliphatic carbocycles. The SMILES string of the molecule is CCC[CH2][Zr]([CH2]CCC)([CH]1C(CC)=Cc2ccccc21)[Si]1([Zr]([CH2]CCC)([CH2]CCC)[CH]2C(CC)=Cc3ccccc32)CCCC1. The normalized spacial score (nSPS) is 20.7. The van der Waals surface area contributed by atoms with Crippen LogP contribution in [0.2, 0.25) is 28.6 Å². The van der Waals surface area contributed by atoms with Gasteiger partial charge >= 0.3 is 290 Å². The van der Waals surface area contributed by atoms with Gasteiger partial charge in [-0.05, 0) is 0 Å². The van der Waals surface area contributed by atoms with Crippen LogP contribution in [0.3, 0.4) is 0 Å². The number of benzene rings is 2. The predicted molar refractivity (Wildman–Crippen MR) is 198 cm³/mol. The molecule has 246 valence electrons. The van der Waals surface area contributed by atoms with E-state index < -0.39 is 41.2 Å². The summed E-state index contributed by atoms with van der Waals surface area (Å²) < 4.78 is 7.03. The Kier molecular flexibility index (Phi) is 13.3. The van der Waals surface area contributed by atoms with Crippen LogP contribution < -0.4 is 0 Å². The first-order valence-electron chi connectivity index (χ1n) is 19.6. The van der Waals surface area contributed by atoms with Gasteiger partial charge in [-0.1, -0.05) is 0 Å². The van der Waals surface area contributed by atoms with Crippen molar-refractivity contribution in [1.29, 1.82) is 0 Å². The van der Waals surface area contributed by atoms with E-state index in [1.165, 1.54) is 64.2 Å². The van der Waals surface area contributed by atoms with Crippen LogP contribution in [0.4, 0.5) is 0 Å². The summed E-state index contributed by atoms with van der Waals surface area (Å²) >= 11 is -5.93. The molecule has 0 nitrogen and oxygen atoms in total. The summed E-state index contributed by atoms with van der Waals surface area (Å²) in [5, 5.41) is 0. The maximum atomic E-state index is 2.75.